The third-order valence-corrected chi connectivity index (χ3v) is 2.60. The van der Waals surface area contributed by atoms with Gasteiger partial charge in [-0.15, -0.1) is 5.10 Å². The summed E-state index contributed by atoms with van der Waals surface area (Å²) in [6.45, 7) is 4.74. The van der Waals surface area contributed by atoms with E-state index < -0.39 is 0 Å². The Morgan fingerprint density at radius 3 is 2.84 bits per heavy atom. The minimum Gasteiger partial charge on any atom is -0.385 e. The summed E-state index contributed by atoms with van der Waals surface area (Å²) in [5.41, 5.74) is 2.52. The number of carbonyl (C=O) groups is 1. The van der Waals surface area contributed by atoms with Crippen molar-refractivity contribution < 1.29 is 4.79 Å². The maximum atomic E-state index is 12.2. The molecule has 19 heavy (non-hydrogen) atoms. The van der Waals surface area contributed by atoms with Crippen molar-refractivity contribution in [2.45, 2.75) is 13.8 Å². The summed E-state index contributed by atoms with van der Waals surface area (Å²) in [5.74, 6) is 0.243. The van der Waals surface area contributed by atoms with Crippen LogP contribution in [0.25, 0.3) is 0 Å². The Hall–Kier alpha value is -2.43. The number of amides is 1. The van der Waals surface area contributed by atoms with Crippen LogP contribution in [0.2, 0.25) is 0 Å². The molecule has 98 valence electrons. The van der Waals surface area contributed by atoms with E-state index >= 15 is 0 Å². The predicted molar refractivity (Wildman–Crippen MR) is 75.3 cm³/mol. The molecule has 0 aliphatic rings. The van der Waals surface area contributed by atoms with Crippen molar-refractivity contribution >= 4 is 17.4 Å². The Bertz CT molecular complexity index is 569. The number of hydrogen-bond donors (Lipinski definition) is 2. The van der Waals surface area contributed by atoms with Gasteiger partial charge in [0.1, 0.15) is 0 Å². The summed E-state index contributed by atoms with van der Waals surface area (Å²) >= 11 is 0. The quantitative estimate of drug-likeness (QED) is 0.881. The number of carbonyl (C=O) groups excluding carboxylic acids is 1. The summed E-state index contributed by atoms with van der Waals surface area (Å²) in [5, 5.41) is 13.5. The molecule has 0 spiro atoms. The minimum absolute atomic E-state index is 0.198. The first-order valence-corrected chi connectivity index (χ1v) is 6.14. The molecular formula is C14H16N4O. The van der Waals surface area contributed by atoms with Gasteiger partial charge in [0.2, 0.25) is 0 Å². The second-order valence-corrected chi connectivity index (χ2v) is 4.14. The molecule has 2 N–H and O–H groups in total. The second-order valence-electron chi connectivity index (χ2n) is 4.14. The monoisotopic (exact) mass is 256 g/mol. The first-order chi connectivity index (χ1) is 9.20. The van der Waals surface area contributed by atoms with Crippen molar-refractivity contribution in [3.63, 3.8) is 0 Å². The summed E-state index contributed by atoms with van der Waals surface area (Å²) in [7, 11) is 0. The average Bonchev–Trinajstić information content (AvgIpc) is 2.40. The van der Waals surface area contributed by atoms with Gasteiger partial charge in [0.25, 0.3) is 5.91 Å². The lowest BCUT2D eigenvalue weighted by Gasteiger charge is -2.11. The van der Waals surface area contributed by atoms with Crippen LogP contribution in [0.3, 0.4) is 0 Å². The predicted octanol–water partition coefficient (Wildman–Crippen LogP) is 2.47. The third kappa shape index (κ3) is 3.28. The van der Waals surface area contributed by atoms with E-state index in [1.165, 1.54) is 0 Å². The van der Waals surface area contributed by atoms with Gasteiger partial charge in [0.05, 0.1) is 5.56 Å². The summed E-state index contributed by atoms with van der Waals surface area (Å²) in [4.78, 5) is 12.2. The molecule has 2 rings (SSSR count). The number of nitrogens with zero attached hydrogens (tertiary/aromatic N) is 2. The van der Waals surface area contributed by atoms with Crippen LogP contribution in [0.1, 0.15) is 22.8 Å². The number of hydrogen-bond acceptors (Lipinski definition) is 4. The SMILES string of the molecule is CCNc1cc(C)ccc1C(=O)Nc1cccnn1. The third-order valence-electron chi connectivity index (χ3n) is 2.60. The molecule has 0 aliphatic carbocycles. The van der Waals surface area contributed by atoms with Crippen LogP contribution >= 0.6 is 0 Å². The first kappa shape index (κ1) is 13.0. The fraction of sp³-hybridized carbons (Fsp3) is 0.214. The Balaban J connectivity index is 2.23. The molecule has 0 radical (unpaired) electrons. The average molecular weight is 256 g/mol. The van der Waals surface area contributed by atoms with E-state index in [9.17, 15) is 4.79 Å². The second kappa shape index (κ2) is 5.95. The highest BCUT2D eigenvalue weighted by molar-refractivity contribution is 6.07. The lowest BCUT2D eigenvalue weighted by Crippen LogP contribution is -2.16. The molecule has 0 saturated heterocycles. The van der Waals surface area contributed by atoms with Crippen LogP contribution < -0.4 is 10.6 Å². The molecule has 0 aliphatic heterocycles. The van der Waals surface area contributed by atoms with E-state index in [1.54, 1.807) is 24.4 Å². The van der Waals surface area contributed by atoms with Gasteiger partial charge in [-0.25, -0.2) is 0 Å². The van der Waals surface area contributed by atoms with Gasteiger partial charge in [-0.3, -0.25) is 4.79 Å². The molecular weight excluding hydrogens is 240 g/mol. The van der Waals surface area contributed by atoms with Crippen molar-refractivity contribution in [1.29, 1.82) is 0 Å². The Labute approximate surface area is 112 Å². The van der Waals surface area contributed by atoms with Crippen LogP contribution in [0.5, 0.6) is 0 Å². The van der Waals surface area contributed by atoms with E-state index in [2.05, 4.69) is 20.8 Å². The van der Waals surface area contributed by atoms with Gasteiger partial charge in [-0.1, -0.05) is 6.07 Å². The molecule has 0 atom stereocenters. The van der Waals surface area contributed by atoms with E-state index in [1.807, 2.05) is 26.0 Å². The maximum Gasteiger partial charge on any atom is 0.258 e. The molecule has 5 heteroatoms. The molecule has 0 fully saturated rings. The van der Waals surface area contributed by atoms with Crippen LogP contribution in [0.4, 0.5) is 11.5 Å². The fourth-order valence-electron chi connectivity index (χ4n) is 1.74. The zero-order chi connectivity index (χ0) is 13.7. The van der Waals surface area contributed by atoms with Gasteiger partial charge in [0, 0.05) is 18.4 Å². The Morgan fingerprint density at radius 2 is 2.16 bits per heavy atom. The lowest BCUT2D eigenvalue weighted by molar-refractivity contribution is 0.102. The van der Waals surface area contributed by atoms with Gasteiger partial charge in [-0.2, -0.15) is 5.10 Å². The molecule has 0 bridgehead atoms. The first-order valence-electron chi connectivity index (χ1n) is 6.14. The number of aromatic nitrogens is 2. The normalized spacial score (nSPS) is 10.0. The smallest absolute Gasteiger partial charge is 0.258 e. The molecule has 1 aromatic heterocycles. The molecule has 2 aromatic rings. The number of anilines is 2. The van der Waals surface area contributed by atoms with Gasteiger partial charge in [-0.05, 0) is 43.7 Å². The topological polar surface area (TPSA) is 66.9 Å². The van der Waals surface area contributed by atoms with Crippen molar-refractivity contribution in [3.8, 4) is 0 Å². The number of aryl methyl sites for hydroxylation is 1. The summed E-state index contributed by atoms with van der Waals surface area (Å²) < 4.78 is 0. The highest BCUT2D eigenvalue weighted by Gasteiger charge is 2.11. The van der Waals surface area contributed by atoms with Gasteiger partial charge < -0.3 is 10.6 Å². The largest absolute Gasteiger partial charge is 0.385 e. The van der Waals surface area contributed by atoms with E-state index in [0.717, 1.165) is 17.8 Å². The number of rotatable bonds is 4. The van der Waals surface area contributed by atoms with Crippen LogP contribution in [-0.2, 0) is 0 Å². The minimum atomic E-state index is -0.198. The lowest BCUT2D eigenvalue weighted by atomic mass is 10.1. The standard InChI is InChI=1S/C14H16N4O/c1-3-15-12-9-10(2)6-7-11(12)14(19)17-13-5-4-8-16-18-13/h4-9,15H,3H2,1-2H3,(H,17,18,19). The van der Waals surface area contributed by atoms with E-state index in [0.29, 0.717) is 11.4 Å². The highest BCUT2D eigenvalue weighted by atomic mass is 16.1. The van der Waals surface area contributed by atoms with E-state index in [-0.39, 0.29) is 5.91 Å². The van der Waals surface area contributed by atoms with Gasteiger partial charge >= 0.3 is 0 Å². The Kier molecular flexibility index (Phi) is 4.07. The van der Waals surface area contributed by atoms with Crippen molar-refractivity contribution in [2.75, 3.05) is 17.2 Å². The molecule has 0 saturated carbocycles. The van der Waals surface area contributed by atoms with Crippen LogP contribution in [0, 0.1) is 6.92 Å². The zero-order valence-electron chi connectivity index (χ0n) is 11.0. The molecule has 1 aromatic carbocycles. The van der Waals surface area contributed by atoms with Crippen molar-refractivity contribution in [3.05, 3.63) is 47.7 Å². The number of benzene rings is 1. The highest BCUT2D eigenvalue weighted by Crippen LogP contribution is 2.18. The van der Waals surface area contributed by atoms with Gasteiger partial charge in [0.15, 0.2) is 5.82 Å². The maximum absolute atomic E-state index is 12.2. The molecule has 0 unspecified atom stereocenters. The van der Waals surface area contributed by atoms with Crippen molar-refractivity contribution in [1.82, 2.24) is 10.2 Å². The zero-order valence-corrected chi connectivity index (χ0v) is 11.0. The summed E-state index contributed by atoms with van der Waals surface area (Å²) in [6.07, 6.45) is 1.56. The van der Waals surface area contributed by atoms with Crippen LogP contribution in [0.15, 0.2) is 36.5 Å². The van der Waals surface area contributed by atoms with E-state index in [4.69, 9.17) is 0 Å². The Morgan fingerprint density at radius 1 is 1.32 bits per heavy atom. The van der Waals surface area contributed by atoms with Crippen molar-refractivity contribution in [2.24, 2.45) is 0 Å². The molecule has 1 amide bonds. The molecule has 5 nitrogen and oxygen atoms in total. The molecule has 1 heterocycles. The summed E-state index contributed by atoms with van der Waals surface area (Å²) in [6, 6.07) is 9.09. The fourth-order valence-corrected chi connectivity index (χ4v) is 1.74. The number of nitrogens with one attached hydrogen (secondary N) is 2. The van der Waals surface area contributed by atoms with Crippen LogP contribution in [-0.4, -0.2) is 22.6 Å².